The van der Waals surface area contributed by atoms with Crippen molar-refractivity contribution in [3.05, 3.63) is 29.8 Å². The molecule has 0 radical (unpaired) electrons. The molecule has 0 spiro atoms. The van der Waals surface area contributed by atoms with E-state index in [1.807, 2.05) is 24.3 Å². The van der Waals surface area contributed by atoms with Crippen LogP contribution in [-0.4, -0.2) is 18.1 Å². The van der Waals surface area contributed by atoms with Crippen LogP contribution >= 0.6 is 12.4 Å². The predicted molar refractivity (Wildman–Crippen MR) is 95.9 cm³/mol. The normalized spacial score (nSPS) is 16.5. The monoisotopic (exact) mass is 340 g/mol. The smallest absolute Gasteiger partial charge is 0.240 e. The first-order chi connectivity index (χ1) is 10.5. The zero-order valence-electron chi connectivity index (χ0n) is 14.1. The van der Waals surface area contributed by atoms with Gasteiger partial charge in [0.2, 0.25) is 5.91 Å². The van der Waals surface area contributed by atoms with Crippen LogP contribution < -0.4 is 15.8 Å². The number of amides is 1. The number of carbonyl (C=O) groups is 1. The fourth-order valence-corrected chi connectivity index (χ4v) is 2.81. The lowest BCUT2D eigenvalue weighted by molar-refractivity contribution is -0.127. The second-order valence-corrected chi connectivity index (χ2v) is 6.71. The Labute approximate surface area is 145 Å². The van der Waals surface area contributed by atoms with Crippen molar-refractivity contribution in [3.8, 4) is 5.75 Å². The summed E-state index contributed by atoms with van der Waals surface area (Å²) in [6.07, 6.45) is 4.82. The van der Waals surface area contributed by atoms with Gasteiger partial charge in [-0.3, -0.25) is 4.79 Å². The Morgan fingerprint density at radius 3 is 2.57 bits per heavy atom. The van der Waals surface area contributed by atoms with Crippen LogP contribution in [0, 0.1) is 5.92 Å². The maximum atomic E-state index is 12.4. The molecule has 1 aliphatic carbocycles. The maximum Gasteiger partial charge on any atom is 0.240 e. The minimum absolute atomic E-state index is 0. The molecule has 2 rings (SSSR count). The van der Waals surface area contributed by atoms with Crippen LogP contribution in [-0.2, 0) is 11.3 Å². The highest BCUT2D eigenvalue weighted by Gasteiger charge is 2.34. The predicted octanol–water partition coefficient (Wildman–Crippen LogP) is 3.42. The van der Waals surface area contributed by atoms with Crippen molar-refractivity contribution in [1.82, 2.24) is 5.32 Å². The molecule has 0 saturated heterocycles. The van der Waals surface area contributed by atoms with Gasteiger partial charge in [0.15, 0.2) is 0 Å². The van der Waals surface area contributed by atoms with Gasteiger partial charge in [-0.05, 0) is 24.8 Å². The molecule has 1 fully saturated rings. The van der Waals surface area contributed by atoms with Crippen molar-refractivity contribution in [1.29, 1.82) is 0 Å². The second kappa shape index (κ2) is 9.14. The van der Waals surface area contributed by atoms with E-state index in [2.05, 4.69) is 19.2 Å². The van der Waals surface area contributed by atoms with E-state index in [4.69, 9.17) is 10.5 Å². The quantitative estimate of drug-likeness (QED) is 0.834. The van der Waals surface area contributed by atoms with Crippen LogP contribution in [0.3, 0.4) is 0 Å². The third kappa shape index (κ3) is 5.70. The maximum absolute atomic E-state index is 12.4. The molecule has 1 amide bonds. The van der Waals surface area contributed by atoms with Crippen molar-refractivity contribution in [2.24, 2.45) is 11.7 Å². The van der Waals surface area contributed by atoms with Gasteiger partial charge < -0.3 is 15.8 Å². The molecule has 0 unspecified atom stereocenters. The average Bonchev–Trinajstić information content (AvgIpc) is 2.52. The van der Waals surface area contributed by atoms with E-state index < -0.39 is 5.54 Å². The van der Waals surface area contributed by atoms with Crippen LogP contribution in [0.15, 0.2) is 24.3 Å². The lowest BCUT2D eigenvalue weighted by atomic mass is 9.82. The Kier molecular flexibility index (Phi) is 7.86. The van der Waals surface area contributed by atoms with Crippen LogP contribution in [0.5, 0.6) is 5.75 Å². The molecule has 0 aromatic heterocycles. The highest BCUT2D eigenvalue weighted by atomic mass is 35.5. The highest BCUT2D eigenvalue weighted by molar-refractivity contribution is 5.86. The number of rotatable bonds is 6. The molecular formula is C18H29ClN2O2. The Balaban J connectivity index is 0.00000264. The Bertz CT molecular complexity index is 500. The summed E-state index contributed by atoms with van der Waals surface area (Å²) < 4.78 is 5.82. The number of para-hydroxylation sites is 1. The third-order valence-corrected chi connectivity index (χ3v) is 4.18. The van der Waals surface area contributed by atoms with Crippen molar-refractivity contribution < 1.29 is 9.53 Å². The van der Waals surface area contributed by atoms with Gasteiger partial charge >= 0.3 is 0 Å². The van der Waals surface area contributed by atoms with Crippen LogP contribution in [0.4, 0.5) is 0 Å². The van der Waals surface area contributed by atoms with Crippen LogP contribution in [0.25, 0.3) is 0 Å². The molecule has 130 valence electrons. The lowest BCUT2D eigenvalue weighted by Gasteiger charge is -2.31. The summed E-state index contributed by atoms with van der Waals surface area (Å²) >= 11 is 0. The molecule has 1 aromatic rings. The van der Waals surface area contributed by atoms with Gasteiger partial charge in [0.05, 0.1) is 12.1 Å². The summed E-state index contributed by atoms with van der Waals surface area (Å²) in [5, 5.41) is 2.99. The molecule has 0 heterocycles. The molecule has 1 saturated carbocycles. The van der Waals surface area contributed by atoms with Gasteiger partial charge in [0, 0.05) is 12.1 Å². The molecule has 0 aliphatic heterocycles. The van der Waals surface area contributed by atoms with Gasteiger partial charge in [0.25, 0.3) is 0 Å². The fraction of sp³-hybridized carbons (Fsp3) is 0.611. The van der Waals surface area contributed by atoms with Gasteiger partial charge in [-0.1, -0.05) is 51.3 Å². The highest BCUT2D eigenvalue weighted by Crippen LogP contribution is 2.26. The molecular weight excluding hydrogens is 312 g/mol. The topological polar surface area (TPSA) is 64.3 Å². The van der Waals surface area contributed by atoms with Crippen LogP contribution in [0.1, 0.15) is 51.5 Å². The minimum Gasteiger partial charge on any atom is -0.493 e. The number of nitrogens with two attached hydrogens (primary N) is 1. The summed E-state index contributed by atoms with van der Waals surface area (Å²) in [6, 6.07) is 7.85. The number of benzene rings is 1. The number of halogens is 1. The standard InChI is InChI=1S/C18H28N2O2.ClH/c1-14(2)13-22-16-9-5-4-8-15(16)12-20-17(21)18(19)10-6-3-7-11-18;/h4-5,8-9,14H,3,6-7,10-13,19H2,1-2H3,(H,20,21);1H. The van der Waals surface area contributed by atoms with Gasteiger partial charge in [-0.15, -0.1) is 12.4 Å². The molecule has 4 nitrogen and oxygen atoms in total. The van der Waals surface area contributed by atoms with E-state index in [0.29, 0.717) is 19.1 Å². The van der Waals surface area contributed by atoms with E-state index >= 15 is 0 Å². The van der Waals surface area contributed by atoms with Gasteiger partial charge in [0.1, 0.15) is 5.75 Å². The number of hydrogen-bond donors (Lipinski definition) is 2. The Hall–Kier alpha value is -1.26. The number of hydrogen-bond acceptors (Lipinski definition) is 3. The first-order valence-corrected chi connectivity index (χ1v) is 8.29. The summed E-state index contributed by atoms with van der Waals surface area (Å²) in [5.41, 5.74) is 6.57. The molecule has 0 atom stereocenters. The van der Waals surface area contributed by atoms with E-state index in [-0.39, 0.29) is 18.3 Å². The number of ether oxygens (including phenoxy) is 1. The number of nitrogens with one attached hydrogen (secondary N) is 1. The summed E-state index contributed by atoms with van der Waals surface area (Å²) in [6.45, 7) is 5.37. The van der Waals surface area contributed by atoms with Crippen molar-refractivity contribution >= 4 is 18.3 Å². The number of carbonyl (C=O) groups excluding carboxylic acids is 1. The summed E-state index contributed by atoms with van der Waals surface area (Å²) in [5.74, 6) is 1.27. The molecule has 3 N–H and O–H groups in total. The average molecular weight is 341 g/mol. The van der Waals surface area contributed by atoms with Crippen molar-refractivity contribution in [3.63, 3.8) is 0 Å². The Morgan fingerprint density at radius 2 is 1.91 bits per heavy atom. The molecule has 0 bridgehead atoms. The second-order valence-electron chi connectivity index (χ2n) is 6.71. The molecule has 23 heavy (non-hydrogen) atoms. The lowest BCUT2D eigenvalue weighted by Crippen LogP contribution is -2.54. The zero-order valence-corrected chi connectivity index (χ0v) is 15.0. The Morgan fingerprint density at radius 1 is 1.26 bits per heavy atom. The van der Waals surface area contributed by atoms with E-state index in [1.165, 1.54) is 6.42 Å². The molecule has 5 heteroatoms. The third-order valence-electron chi connectivity index (χ3n) is 4.18. The van der Waals surface area contributed by atoms with E-state index in [0.717, 1.165) is 37.0 Å². The van der Waals surface area contributed by atoms with E-state index in [9.17, 15) is 4.79 Å². The summed E-state index contributed by atoms with van der Waals surface area (Å²) in [4.78, 5) is 12.4. The van der Waals surface area contributed by atoms with Gasteiger partial charge in [-0.2, -0.15) is 0 Å². The minimum atomic E-state index is -0.689. The van der Waals surface area contributed by atoms with Gasteiger partial charge in [-0.25, -0.2) is 0 Å². The molecule has 1 aliphatic rings. The zero-order chi connectivity index (χ0) is 16.0. The van der Waals surface area contributed by atoms with Crippen molar-refractivity contribution in [2.45, 2.75) is 58.0 Å². The first kappa shape index (κ1) is 19.8. The van der Waals surface area contributed by atoms with Crippen LogP contribution in [0.2, 0.25) is 0 Å². The molecule has 1 aromatic carbocycles. The first-order valence-electron chi connectivity index (χ1n) is 8.29. The van der Waals surface area contributed by atoms with Crippen molar-refractivity contribution in [2.75, 3.05) is 6.61 Å². The SMILES string of the molecule is CC(C)COc1ccccc1CNC(=O)C1(N)CCCCC1.Cl. The fourth-order valence-electron chi connectivity index (χ4n) is 2.81. The van der Waals surface area contributed by atoms with E-state index in [1.54, 1.807) is 0 Å². The summed E-state index contributed by atoms with van der Waals surface area (Å²) in [7, 11) is 0. The largest absolute Gasteiger partial charge is 0.493 e.